The minimum atomic E-state index is -0.314. The Labute approximate surface area is 127 Å². The number of aryl methyl sites for hydroxylation is 1. The highest BCUT2D eigenvalue weighted by molar-refractivity contribution is 5.83. The van der Waals surface area contributed by atoms with E-state index in [4.69, 9.17) is 0 Å². The molecule has 1 aromatic rings. The maximum atomic E-state index is 12.0. The van der Waals surface area contributed by atoms with Gasteiger partial charge in [-0.05, 0) is 44.0 Å². The molecule has 0 spiro atoms. The van der Waals surface area contributed by atoms with Gasteiger partial charge in [0.15, 0.2) is 0 Å². The van der Waals surface area contributed by atoms with E-state index < -0.39 is 0 Å². The molecular weight excluding hydrogens is 264 g/mol. The highest BCUT2D eigenvalue weighted by Gasteiger charge is 2.40. The van der Waals surface area contributed by atoms with E-state index in [-0.39, 0.29) is 11.3 Å². The van der Waals surface area contributed by atoms with Crippen molar-refractivity contribution in [2.75, 3.05) is 31.6 Å². The summed E-state index contributed by atoms with van der Waals surface area (Å²) in [6.45, 7) is 9.63. The Bertz CT molecular complexity index is 517. The van der Waals surface area contributed by atoms with Crippen LogP contribution in [0.25, 0.3) is 0 Å². The third-order valence-corrected chi connectivity index (χ3v) is 4.23. The summed E-state index contributed by atoms with van der Waals surface area (Å²) in [7, 11) is 1.70. The maximum absolute atomic E-state index is 12.0. The molecule has 0 radical (unpaired) electrons. The summed E-state index contributed by atoms with van der Waals surface area (Å²) >= 11 is 0. The Morgan fingerprint density at radius 2 is 2.29 bits per heavy atom. The Hall–Kier alpha value is -1.62. The van der Waals surface area contributed by atoms with Crippen molar-refractivity contribution >= 4 is 11.7 Å². The van der Waals surface area contributed by atoms with E-state index in [0.717, 1.165) is 38.4 Å². The van der Waals surface area contributed by atoms with Crippen LogP contribution in [-0.4, -0.2) is 37.6 Å². The van der Waals surface area contributed by atoms with Crippen LogP contribution in [0.4, 0.5) is 5.82 Å². The van der Waals surface area contributed by atoms with Crippen LogP contribution in [-0.2, 0) is 11.3 Å². The monoisotopic (exact) mass is 290 g/mol. The van der Waals surface area contributed by atoms with Crippen LogP contribution < -0.4 is 15.5 Å². The van der Waals surface area contributed by atoms with Gasteiger partial charge in [-0.3, -0.25) is 4.79 Å². The van der Waals surface area contributed by atoms with Gasteiger partial charge in [0.1, 0.15) is 5.82 Å². The Balaban J connectivity index is 2.11. The molecule has 5 nitrogen and oxygen atoms in total. The summed E-state index contributed by atoms with van der Waals surface area (Å²) in [5.74, 6) is 1.12. The van der Waals surface area contributed by atoms with E-state index in [1.165, 1.54) is 11.1 Å². The number of hydrogen-bond donors (Lipinski definition) is 2. The van der Waals surface area contributed by atoms with Crippen LogP contribution in [0.15, 0.2) is 12.3 Å². The van der Waals surface area contributed by atoms with Crippen molar-refractivity contribution in [1.29, 1.82) is 0 Å². The summed E-state index contributed by atoms with van der Waals surface area (Å²) in [6, 6.07) is 2.18. The normalized spacial score (nSPS) is 21.6. The first-order valence-electron chi connectivity index (χ1n) is 7.63. The standard InChI is InChI=1S/C16H26N4O/c1-5-18-9-13-8-12(2)14(19-10-13)20-7-6-16(3,11-20)15(21)17-4/h8,10,18H,5-7,9,11H2,1-4H3,(H,17,21). The number of amides is 1. The Kier molecular flexibility index (Phi) is 4.83. The molecule has 1 unspecified atom stereocenters. The maximum Gasteiger partial charge on any atom is 0.227 e. The fraction of sp³-hybridized carbons (Fsp3) is 0.625. The van der Waals surface area contributed by atoms with Crippen molar-refractivity contribution in [2.24, 2.45) is 5.41 Å². The van der Waals surface area contributed by atoms with Crippen molar-refractivity contribution in [3.8, 4) is 0 Å². The smallest absolute Gasteiger partial charge is 0.227 e. The van der Waals surface area contributed by atoms with Crippen molar-refractivity contribution < 1.29 is 4.79 Å². The second kappa shape index (κ2) is 6.43. The molecule has 1 aromatic heterocycles. The summed E-state index contributed by atoms with van der Waals surface area (Å²) in [4.78, 5) is 18.8. The minimum absolute atomic E-state index is 0.117. The van der Waals surface area contributed by atoms with Gasteiger partial charge in [-0.25, -0.2) is 4.98 Å². The zero-order chi connectivity index (χ0) is 15.5. The molecule has 0 aromatic carbocycles. The van der Waals surface area contributed by atoms with E-state index >= 15 is 0 Å². The average molecular weight is 290 g/mol. The average Bonchev–Trinajstić information content (AvgIpc) is 2.87. The lowest BCUT2D eigenvalue weighted by molar-refractivity contribution is -0.128. The molecule has 1 amide bonds. The van der Waals surface area contributed by atoms with Gasteiger partial charge in [-0.1, -0.05) is 6.92 Å². The van der Waals surface area contributed by atoms with Gasteiger partial charge in [0.25, 0.3) is 0 Å². The van der Waals surface area contributed by atoms with E-state index in [1.807, 2.05) is 13.1 Å². The van der Waals surface area contributed by atoms with Crippen molar-refractivity contribution in [2.45, 2.75) is 33.7 Å². The van der Waals surface area contributed by atoms with Crippen molar-refractivity contribution in [1.82, 2.24) is 15.6 Å². The summed E-state index contributed by atoms with van der Waals surface area (Å²) in [6.07, 6.45) is 2.80. The van der Waals surface area contributed by atoms with Gasteiger partial charge < -0.3 is 15.5 Å². The van der Waals surface area contributed by atoms with Crippen molar-refractivity contribution in [3.05, 3.63) is 23.4 Å². The summed E-state index contributed by atoms with van der Waals surface area (Å²) < 4.78 is 0. The number of aromatic nitrogens is 1. The molecule has 1 aliphatic heterocycles. The number of carbonyl (C=O) groups excluding carboxylic acids is 1. The predicted molar refractivity (Wildman–Crippen MR) is 85.4 cm³/mol. The van der Waals surface area contributed by atoms with Gasteiger partial charge in [0.2, 0.25) is 5.91 Å². The largest absolute Gasteiger partial charge is 0.359 e. The lowest BCUT2D eigenvalue weighted by Gasteiger charge is -2.24. The van der Waals surface area contributed by atoms with Gasteiger partial charge in [0, 0.05) is 32.9 Å². The lowest BCUT2D eigenvalue weighted by Crippen LogP contribution is -2.39. The highest BCUT2D eigenvalue weighted by atomic mass is 16.2. The van der Waals surface area contributed by atoms with Gasteiger partial charge in [-0.2, -0.15) is 0 Å². The summed E-state index contributed by atoms with van der Waals surface area (Å²) in [5, 5.41) is 6.08. The van der Waals surface area contributed by atoms with Crippen LogP contribution in [0.5, 0.6) is 0 Å². The molecule has 0 aliphatic carbocycles. The Morgan fingerprint density at radius 1 is 1.52 bits per heavy atom. The minimum Gasteiger partial charge on any atom is -0.359 e. The van der Waals surface area contributed by atoms with Crippen LogP contribution in [0.3, 0.4) is 0 Å². The topological polar surface area (TPSA) is 57.3 Å². The molecule has 0 bridgehead atoms. The molecule has 1 fully saturated rings. The fourth-order valence-electron chi connectivity index (χ4n) is 2.95. The fourth-order valence-corrected chi connectivity index (χ4v) is 2.95. The number of hydrogen-bond acceptors (Lipinski definition) is 4. The van der Waals surface area contributed by atoms with Crippen LogP contribution in [0, 0.1) is 12.3 Å². The van der Waals surface area contributed by atoms with Crippen LogP contribution in [0.1, 0.15) is 31.4 Å². The number of nitrogens with zero attached hydrogens (tertiary/aromatic N) is 2. The predicted octanol–water partition coefficient (Wildman–Crippen LogP) is 1.46. The number of nitrogens with one attached hydrogen (secondary N) is 2. The van der Waals surface area contributed by atoms with Gasteiger partial charge >= 0.3 is 0 Å². The quantitative estimate of drug-likeness (QED) is 0.862. The van der Waals surface area contributed by atoms with Gasteiger partial charge in [0.05, 0.1) is 5.41 Å². The third kappa shape index (κ3) is 3.35. The van der Waals surface area contributed by atoms with Gasteiger partial charge in [-0.15, -0.1) is 0 Å². The van der Waals surface area contributed by atoms with Crippen molar-refractivity contribution in [3.63, 3.8) is 0 Å². The summed E-state index contributed by atoms with van der Waals surface area (Å²) in [5.41, 5.74) is 2.06. The molecule has 2 rings (SSSR count). The van der Waals surface area contributed by atoms with E-state index in [0.29, 0.717) is 0 Å². The number of anilines is 1. The molecule has 21 heavy (non-hydrogen) atoms. The van der Waals surface area contributed by atoms with E-state index in [1.54, 1.807) is 7.05 Å². The van der Waals surface area contributed by atoms with E-state index in [9.17, 15) is 4.79 Å². The first kappa shape index (κ1) is 15.8. The molecule has 1 aliphatic rings. The third-order valence-electron chi connectivity index (χ3n) is 4.23. The van der Waals surface area contributed by atoms with Crippen LogP contribution in [0.2, 0.25) is 0 Å². The lowest BCUT2D eigenvalue weighted by atomic mass is 9.89. The molecular formula is C16H26N4O. The SMILES string of the molecule is CCNCc1cnc(N2CCC(C)(C(=O)NC)C2)c(C)c1. The zero-order valence-corrected chi connectivity index (χ0v) is 13.5. The number of pyridine rings is 1. The molecule has 0 saturated carbocycles. The Morgan fingerprint density at radius 3 is 2.90 bits per heavy atom. The molecule has 1 atom stereocenters. The van der Waals surface area contributed by atoms with E-state index in [2.05, 4.69) is 40.4 Å². The highest BCUT2D eigenvalue weighted by Crippen LogP contribution is 2.33. The number of rotatable bonds is 5. The second-order valence-electron chi connectivity index (χ2n) is 6.08. The number of carbonyl (C=O) groups is 1. The molecule has 116 valence electrons. The van der Waals surface area contributed by atoms with Crippen LogP contribution >= 0.6 is 0 Å². The molecule has 1 saturated heterocycles. The second-order valence-corrected chi connectivity index (χ2v) is 6.08. The molecule has 5 heteroatoms. The first-order valence-corrected chi connectivity index (χ1v) is 7.63. The zero-order valence-electron chi connectivity index (χ0n) is 13.5. The molecule has 2 heterocycles. The molecule has 2 N–H and O–H groups in total. The first-order chi connectivity index (χ1) is 10.00.